The minimum Gasteiger partial charge on any atom is -0.393 e. The van der Waals surface area contributed by atoms with E-state index in [0.717, 1.165) is 25.9 Å². The molecule has 1 saturated heterocycles. The van der Waals surface area contributed by atoms with Crippen LogP contribution in [0.15, 0.2) is 0 Å². The van der Waals surface area contributed by atoms with Crippen LogP contribution in [0, 0.1) is 0 Å². The fourth-order valence-electron chi connectivity index (χ4n) is 2.14. The van der Waals surface area contributed by atoms with Gasteiger partial charge in [-0.3, -0.25) is 0 Å². The van der Waals surface area contributed by atoms with Crippen LogP contribution in [0.1, 0.15) is 44.9 Å². The molecule has 0 spiro atoms. The van der Waals surface area contributed by atoms with E-state index in [9.17, 15) is 13.5 Å². The fraction of sp³-hybridized carbons (Fsp3) is 1.00. The molecule has 0 radical (unpaired) electrons. The Bertz CT molecular complexity index is 294. The van der Waals surface area contributed by atoms with Crippen molar-refractivity contribution in [2.45, 2.75) is 57.2 Å². The number of rotatable bonds is 7. The van der Waals surface area contributed by atoms with E-state index in [1.54, 1.807) is 0 Å². The quantitative estimate of drug-likeness (QED) is 0.757. The van der Waals surface area contributed by atoms with Gasteiger partial charge in [-0.15, -0.1) is 0 Å². The molecule has 0 amide bonds. The van der Waals surface area contributed by atoms with E-state index in [2.05, 4.69) is 0 Å². The summed E-state index contributed by atoms with van der Waals surface area (Å²) in [6.45, 7) is 0.842. The van der Waals surface area contributed by atoms with Gasteiger partial charge in [0.2, 0.25) is 0 Å². The average Bonchev–Trinajstić information content (AvgIpc) is 2.26. The molecular weight excluding hydrogens is 240 g/mol. The highest BCUT2D eigenvalue weighted by molar-refractivity contribution is 7.90. The standard InChI is InChI=1S/C12H24O4S/c1-17(14,15)10-4-5-11(13)7-8-12-6-2-3-9-16-12/h11-13H,2-10H2,1H3. The van der Waals surface area contributed by atoms with Crippen molar-refractivity contribution in [1.82, 2.24) is 0 Å². The molecule has 1 aliphatic heterocycles. The van der Waals surface area contributed by atoms with Crippen LogP contribution < -0.4 is 0 Å². The summed E-state index contributed by atoms with van der Waals surface area (Å²) in [6, 6.07) is 0. The van der Waals surface area contributed by atoms with E-state index >= 15 is 0 Å². The van der Waals surface area contributed by atoms with E-state index in [-0.39, 0.29) is 11.9 Å². The third kappa shape index (κ3) is 7.73. The van der Waals surface area contributed by atoms with Crippen LogP contribution in [0.25, 0.3) is 0 Å². The summed E-state index contributed by atoms with van der Waals surface area (Å²) >= 11 is 0. The Kier molecular flexibility index (Phi) is 6.44. The molecule has 5 heteroatoms. The van der Waals surface area contributed by atoms with Gasteiger partial charge in [-0.1, -0.05) is 0 Å². The lowest BCUT2D eigenvalue weighted by Crippen LogP contribution is -2.21. The number of sulfone groups is 1. The van der Waals surface area contributed by atoms with E-state index in [1.807, 2.05) is 0 Å². The third-order valence-corrected chi connectivity index (χ3v) is 4.18. The van der Waals surface area contributed by atoms with Gasteiger partial charge in [0.1, 0.15) is 9.84 Å². The first kappa shape index (κ1) is 14.9. The predicted molar refractivity (Wildman–Crippen MR) is 67.8 cm³/mol. The number of aliphatic hydroxyl groups excluding tert-OH is 1. The Morgan fingerprint density at radius 2 is 2.12 bits per heavy atom. The van der Waals surface area contributed by atoms with Crippen LogP contribution in [-0.2, 0) is 14.6 Å². The van der Waals surface area contributed by atoms with Crippen molar-refractivity contribution in [3.63, 3.8) is 0 Å². The molecule has 0 aromatic rings. The van der Waals surface area contributed by atoms with E-state index < -0.39 is 9.84 Å². The van der Waals surface area contributed by atoms with Crippen molar-refractivity contribution in [1.29, 1.82) is 0 Å². The molecule has 2 unspecified atom stereocenters. The van der Waals surface area contributed by atoms with Crippen LogP contribution in [0.3, 0.4) is 0 Å². The van der Waals surface area contributed by atoms with Gasteiger partial charge in [-0.05, 0) is 44.9 Å². The Labute approximate surface area is 104 Å². The van der Waals surface area contributed by atoms with Crippen LogP contribution in [0.2, 0.25) is 0 Å². The highest BCUT2D eigenvalue weighted by Gasteiger charge is 2.15. The molecule has 0 aromatic carbocycles. The van der Waals surface area contributed by atoms with E-state index in [1.165, 1.54) is 12.7 Å². The van der Waals surface area contributed by atoms with Crippen molar-refractivity contribution >= 4 is 9.84 Å². The van der Waals surface area contributed by atoms with Gasteiger partial charge in [-0.25, -0.2) is 8.42 Å². The topological polar surface area (TPSA) is 63.6 Å². The molecule has 0 bridgehead atoms. The average molecular weight is 264 g/mol. The Morgan fingerprint density at radius 1 is 1.35 bits per heavy atom. The van der Waals surface area contributed by atoms with Crippen molar-refractivity contribution in [2.24, 2.45) is 0 Å². The molecule has 2 atom stereocenters. The smallest absolute Gasteiger partial charge is 0.147 e. The van der Waals surface area contributed by atoms with Crippen molar-refractivity contribution in [2.75, 3.05) is 18.6 Å². The summed E-state index contributed by atoms with van der Waals surface area (Å²) in [5, 5.41) is 9.73. The molecular formula is C12H24O4S. The second-order valence-electron chi connectivity index (χ2n) is 4.99. The van der Waals surface area contributed by atoms with Crippen LogP contribution in [-0.4, -0.2) is 44.3 Å². The van der Waals surface area contributed by atoms with E-state index in [4.69, 9.17) is 4.74 Å². The van der Waals surface area contributed by atoms with Gasteiger partial charge < -0.3 is 9.84 Å². The fourth-order valence-corrected chi connectivity index (χ4v) is 2.83. The molecule has 1 N–H and O–H groups in total. The maximum atomic E-state index is 10.9. The number of hydrogen-bond acceptors (Lipinski definition) is 4. The van der Waals surface area contributed by atoms with Gasteiger partial charge in [0, 0.05) is 18.6 Å². The second-order valence-corrected chi connectivity index (χ2v) is 7.25. The zero-order chi connectivity index (χ0) is 12.7. The lowest BCUT2D eigenvalue weighted by molar-refractivity contribution is 0.00172. The van der Waals surface area contributed by atoms with Crippen molar-refractivity contribution in [3.8, 4) is 0 Å². The first-order valence-electron chi connectivity index (χ1n) is 6.45. The van der Waals surface area contributed by atoms with Gasteiger partial charge in [-0.2, -0.15) is 0 Å². The Hall–Kier alpha value is -0.130. The van der Waals surface area contributed by atoms with Crippen LogP contribution in [0.5, 0.6) is 0 Å². The Morgan fingerprint density at radius 3 is 2.71 bits per heavy atom. The molecule has 102 valence electrons. The minimum atomic E-state index is -2.89. The molecule has 4 nitrogen and oxygen atoms in total. The van der Waals surface area contributed by atoms with Crippen LogP contribution in [0.4, 0.5) is 0 Å². The monoisotopic (exact) mass is 264 g/mol. The summed E-state index contributed by atoms with van der Waals surface area (Å²) in [4.78, 5) is 0. The maximum absolute atomic E-state index is 10.9. The lowest BCUT2D eigenvalue weighted by atomic mass is 10.0. The number of hydrogen-bond donors (Lipinski definition) is 1. The van der Waals surface area contributed by atoms with Crippen LogP contribution >= 0.6 is 0 Å². The zero-order valence-electron chi connectivity index (χ0n) is 10.6. The molecule has 1 heterocycles. The lowest BCUT2D eigenvalue weighted by Gasteiger charge is -2.23. The first-order valence-corrected chi connectivity index (χ1v) is 8.51. The van der Waals surface area contributed by atoms with Gasteiger partial charge >= 0.3 is 0 Å². The molecule has 1 aliphatic rings. The largest absolute Gasteiger partial charge is 0.393 e. The number of ether oxygens (including phenoxy) is 1. The van der Waals surface area contributed by atoms with E-state index in [0.29, 0.717) is 25.4 Å². The second kappa shape index (κ2) is 7.34. The summed E-state index contributed by atoms with van der Waals surface area (Å²) in [7, 11) is -2.89. The molecule has 17 heavy (non-hydrogen) atoms. The summed E-state index contributed by atoms with van der Waals surface area (Å²) in [5.41, 5.74) is 0. The zero-order valence-corrected chi connectivity index (χ0v) is 11.4. The molecule has 0 saturated carbocycles. The van der Waals surface area contributed by atoms with Gasteiger partial charge in [0.25, 0.3) is 0 Å². The third-order valence-electron chi connectivity index (χ3n) is 3.15. The molecule has 1 fully saturated rings. The van der Waals surface area contributed by atoms with Crippen molar-refractivity contribution < 1.29 is 18.3 Å². The number of aliphatic hydroxyl groups is 1. The maximum Gasteiger partial charge on any atom is 0.147 e. The Balaban J connectivity index is 2.06. The van der Waals surface area contributed by atoms with Gasteiger partial charge in [0.05, 0.1) is 12.2 Å². The normalized spacial score (nSPS) is 23.5. The summed E-state index contributed by atoms with van der Waals surface area (Å²) in [6.07, 6.45) is 7.32. The molecule has 0 aliphatic carbocycles. The summed E-state index contributed by atoms with van der Waals surface area (Å²) < 4.78 is 27.4. The highest BCUT2D eigenvalue weighted by atomic mass is 32.2. The molecule has 0 aromatic heterocycles. The first-order chi connectivity index (χ1) is 7.97. The predicted octanol–water partition coefficient (Wildman–Crippen LogP) is 1.52. The minimum absolute atomic E-state index is 0.171. The SMILES string of the molecule is CS(=O)(=O)CCCC(O)CCC1CCCCO1. The summed E-state index contributed by atoms with van der Waals surface area (Å²) in [5.74, 6) is 0.171. The molecule has 1 rings (SSSR count). The van der Waals surface area contributed by atoms with Crippen molar-refractivity contribution in [3.05, 3.63) is 0 Å². The van der Waals surface area contributed by atoms with Gasteiger partial charge in [0.15, 0.2) is 0 Å². The highest BCUT2D eigenvalue weighted by Crippen LogP contribution is 2.18.